The van der Waals surface area contributed by atoms with Crippen molar-refractivity contribution in [1.82, 2.24) is 14.8 Å². The van der Waals surface area contributed by atoms with Gasteiger partial charge in [0.1, 0.15) is 18.1 Å². The number of hydrogen-bond acceptors (Lipinski definition) is 6. The second-order valence-corrected chi connectivity index (χ2v) is 8.99. The smallest absolute Gasteiger partial charge is 0.237 e. The lowest BCUT2D eigenvalue weighted by Gasteiger charge is -2.14. The Bertz CT molecular complexity index is 1270. The fourth-order valence-corrected chi connectivity index (χ4v) is 4.24. The van der Waals surface area contributed by atoms with Crippen molar-refractivity contribution in [1.29, 1.82) is 0 Å². The zero-order chi connectivity index (χ0) is 23.9. The summed E-state index contributed by atoms with van der Waals surface area (Å²) >= 11 is 7.53. The van der Waals surface area contributed by atoms with Crippen LogP contribution < -0.4 is 14.8 Å². The van der Waals surface area contributed by atoms with Crippen LogP contribution >= 0.6 is 23.4 Å². The van der Waals surface area contributed by atoms with Crippen LogP contribution in [-0.4, -0.2) is 33.0 Å². The van der Waals surface area contributed by atoms with E-state index >= 15 is 0 Å². The summed E-state index contributed by atoms with van der Waals surface area (Å²) in [4.78, 5) is 12.8. The summed E-state index contributed by atoms with van der Waals surface area (Å²) in [5.41, 5.74) is 1.53. The average molecular weight is 495 g/mol. The van der Waals surface area contributed by atoms with E-state index in [4.69, 9.17) is 21.1 Å². The number of para-hydroxylation sites is 2. The number of anilines is 1. The van der Waals surface area contributed by atoms with E-state index < -0.39 is 5.25 Å². The normalized spacial score (nSPS) is 11.6. The second kappa shape index (κ2) is 11.1. The summed E-state index contributed by atoms with van der Waals surface area (Å²) in [6, 6.07) is 24.2. The predicted octanol–water partition coefficient (Wildman–Crippen LogP) is 5.63. The highest BCUT2D eigenvalue weighted by molar-refractivity contribution is 8.00. The van der Waals surface area contributed by atoms with Gasteiger partial charge in [0.15, 0.2) is 11.0 Å². The molecule has 0 fully saturated rings. The molecular formula is C25H23ClN4O3S. The Kier molecular flexibility index (Phi) is 7.72. The lowest BCUT2D eigenvalue weighted by atomic mass is 10.3. The Labute approximate surface area is 207 Å². The summed E-state index contributed by atoms with van der Waals surface area (Å²) < 4.78 is 13.0. The lowest BCUT2D eigenvalue weighted by molar-refractivity contribution is -0.115. The van der Waals surface area contributed by atoms with Gasteiger partial charge in [-0.1, -0.05) is 59.8 Å². The van der Waals surface area contributed by atoms with Crippen LogP contribution in [0.1, 0.15) is 12.7 Å². The number of ether oxygens (including phenoxy) is 2. The molecule has 0 aliphatic rings. The van der Waals surface area contributed by atoms with Gasteiger partial charge in [-0.2, -0.15) is 0 Å². The molecule has 1 amide bonds. The maximum Gasteiger partial charge on any atom is 0.237 e. The first-order valence-electron chi connectivity index (χ1n) is 10.5. The number of nitrogens with one attached hydrogen (secondary N) is 1. The van der Waals surface area contributed by atoms with Gasteiger partial charge >= 0.3 is 0 Å². The van der Waals surface area contributed by atoms with Gasteiger partial charge in [0.05, 0.1) is 17.4 Å². The molecule has 0 saturated heterocycles. The van der Waals surface area contributed by atoms with Crippen molar-refractivity contribution >= 4 is 35.0 Å². The van der Waals surface area contributed by atoms with E-state index in [-0.39, 0.29) is 12.5 Å². The zero-order valence-corrected chi connectivity index (χ0v) is 20.2. The van der Waals surface area contributed by atoms with E-state index in [2.05, 4.69) is 15.5 Å². The Morgan fingerprint density at radius 1 is 1.06 bits per heavy atom. The van der Waals surface area contributed by atoms with E-state index in [9.17, 15) is 4.79 Å². The minimum Gasteiger partial charge on any atom is -0.497 e. The first-order chi connectivity index (χ1) is 16.5. The van der Waals surface area contributed by atoms with Gasteiger partial charge < -0.3 is 14.8 Å². The Morgan fingerprint density at radius 3 is 2.59 bits per heavy atom. The third-order valence-corrected chi connectivity index (χ3v) is 6.25. The maximum atomic E-state index is 12.8. The molecule has 1 N–H and O–H groups in total. The van der Waals surface area contributed by atoms with E-state index in [1.807, 2.05) is 72.2 Å². The van der Waals surface area contributed by atoms with Gasteiger partial charge in [0.25, 0.3) is 0 Å². The number of thioether (sulfide) groups is 1. The molecule has 3 aromatic carbocycles. The number of nitrogens with zero attached hydrogens (tertiary/aromatic N) is 3. The molecule has 4 rings (SSSR count). The van der Waals surface area contributed by atoms with E-state index in [1.54, 1.807) is 25.3 Å². The molecular weight excluding hydrogens is 472 g/mol. The van der Waals surface area contributed by atoms with Crippen molar-refractivity contribution in [2.24, 2.45) is 0 Å². The van der Waals surface area contributed by atoms with Crippen molar-refractivity contribution in [3.05, 3.63) is 89.7 Å². The molecule has 9 heteroatoms. The molecule has 1 atom stereocenters. The molecule has 1 heterocycles. The highest BCUT2D eigenvalue weighted by atomic mass is 35.5. The van der Waals surface area contributed by atoms with Crippen LogP contribution in [0.3, 0.4) is 0 Å². The van der Waals surface area contributed by atoms with Crippen molar-refractivity contribution in [3.8, 4) is 17.2 Å². The molecule has 7 nitrogen and oxygen atoms in total. The van der Waals surface area contributed by atoms with E-state index in [0.717, 1.165) is 5.69 Å². The topological polar surface area (TPSA) is 78.3 Å². The van der Waals surface area contributed by atoms with E-state index in [1.165, 1.54) is 11.8 Å². The zero-order valence-electron chi connectivity index (χ0n) is 18.6. The van der Waals surface area contributed by atoms with Gasteiger partial charge in [0.2, 0.25) is 5.91 Å². The first-order valence-corrected chi connectivity index (χ1v) is 11.8. The van der Waals surface area contributed by atoms with Crippen LogP contribution in [0, 0.1) is 0 Å². The number of aromatic nitrogens is 3. The second-order valence-electron chi connectivity index (χ2n) is 7.27. The van der Waals surface area contributed by atoms with Crippen molar-refractivity contribution in [2.75, 3.05) is 12.4 Å². The number of halogens is 1. The molecule has 0 spiro atoms. The molecule has 0 aliphatic heterocycles. The largest absolute Gasteiger partial charge is 0.497 e. The average Bonchev–Trinajstić information content (AvgIpc) is 3.26. The van der Waals surface area contributed by atoms with Crippen LogP contribution in [0.25, 0.3) is 5.69 Å². The predicted molar refractivity (Wildman–Crippen MR) is 134 cm³/mol. The molecule has 174 valence electrons. The summed E-state index contributed by atoms with van der Waals surface area (Å²) in [6.45, 7) is 1.99. The number of carbonyl (C=O) groups excluding carboxylic acids is 1. The third-order valence-electron chi connectivity index (χ3n) is 4.90. The minimum absolute atomic E-state index is 0.158. The van der Waals surface area contributed by atoms with Gasteiger partial charge in [-0.15, -0.1) is 10.2 Å². The molecule has 34 heavy (non-hydrogen) atoms. The number of hydrogen-bond donors (Lipinski definition) is 1. The maximum absolute atomic E-state index is 12.8. The highest BCUT2D eigenvalue weighted by Gasteiger charge is 2.22. The standard InChI is InChI=1S/C25H23ClN4O3S/c1-17(24(31)27-18-9-8-12-20(15-18)32-2)34-25-29-28-23(30(25)19-10-4-3-5-11-19)16-33-22-14-7-6-13-21(22)26/h3-15,17H,16H2,1-2H3,(H,27,31). The molecule has 4 aromatic rings. The van der Waals surface area contributed by atoms with Crippen molar-refractivity contribution < 1.29 is 14.3 Å². The molecule has 0 saturated carbocycles. The number of amides is 1. The van der Waals surface area contributed by atoms with Gasteiger partial charge in [-0.05, 0) is 43.3 Å². The number of methoxy groups -OCH3 is 1. The minimum atomic E-state index is -0.435. The summed E-state index contributed by atoms with van der Waals surface area (Å²) in [7, 11) is 1.59. The first kappa shape index (κ1) is 23.7. The van der Waals surface area contributed by atoms with Crippen LogP contribution in [0.4, 0.5) is 5.69 Å². The Hall–Kier alpha value is -3.49. The van der Waals surface area contributed by atoms with Crippen LogP contribution in [0.5, 0.6) is 11.5 Å². The van der Waals surface area contributed by atoms with Crippen LogP contribution in [0.15, 0.2) is 84.0 Å². The highest BCUT2D eigenvalue weighted by Crippen LogP contribution is 2.29. The molecule has 0 radical (unpaired) electrons. The summed E-state index contributed by atoms with van der Waals surface area (Å²) in [6.07, 6.45) is 0. The SMILES string of the molecule is COc1cccc(NC(=O)C(C)Sc2nnc(COc3ccccc3Cl)n2-c2ccccc2)c1. The van der Waals surface area contributed by atoms with E-state index in [0.29, 0.717) is 33.2 Å². The number of carbonyl (C=O) groups is 1. The van der Waals surface area contributed by atoms with Gasteiger partial charge in [0, 0.05) is 17.4 Å². The van der Waals surface area contributed by atoms with Gasteiger partial charge in [-0.3, -0.25) is 9.36 Å². The third kappa shape index (κ3) is 5.70. The summed E-state index contributed by atoms with van der Waals surface area (Å²) in [5.74, 6) is 1.67. The molecule has 1 aromatic heterocycles. The molecule has 1 unspecified atom stereocenters. The quantitative estimate of drug-likeness (QED) is 0.304. The summed E-state index contributed by atoms with van der Waals surface area (Å²) in [5, 5.41) is 12.3. The monoisotopic (exact) mass is 494 g/mol. The lowest BCUT2D eigenvalue weighted by Crippen LogP contribution is -2.23. The Morgan fingerprint density at radius 2 is 1.82 bits per heavy atom. The number of benzene rings is 3. The fraction of sp³-hybridized carbons (Fsp3) is 0.160. The van der Waals surface area contributed by atoms with Crippen LogP contribution in [-0.2, 0) is 11.4 Å². The molecule has 0 bridgehead atoms. The van der Waals surface area contributed by atoms with Crippen molar-refractivity contribution in [3.63, 3.8) is 0 Å². The molecule has 0 aliphatic carbocycles. The van der Waals surface area contributed by atoms with Crippen molar-refractivity contribution in [2.45, 2.75) is 23.9 Å². The Balaban J connectivity index is 1.53. The fourth-order valence-electron chi connectivity index (χ4n) is 3.17. The van der Waals surface area contributed by atoms with Crippen LogP contribution in [0.2, 0.25) is 5.02 Å². The number of rotatable bonds is 9. The van der Waals surface area contributed by atoms with Gasteiger partial charge in [-0.25, -0.2) is 0 Å².